The van der Waals surface area contributed by atoms with Gasteiger partial charge >= 0.3 is 0 Å². The van der Waals surface area contributed by atoms with Crippen LogP contribution in [0.5, 0.6) is 0 Å². The Hall–Kier alpha value is -1.39. The van der Waals surface area contributed by atoms with Crippen molar-refractivity contribution >= 4 is 11.6 Å². The minimum absolute atomic E-state index is 0.00606. The van der Waals surface area contributed by atoms with Crippen LogP contribution in [0.3, 0.4) is 0 Å². The van der Waals surface area contributed by atoms with Crippen LogP contribution in [0.1, 0.15) is 31.7 Å². The number of carbonyl (C=O) groups excluding carboxylic acids is 1. The fourth-order valence-electron chi connectivity index (χ4n) is 2.48. The number of para-hydroxylation sites is 1. The molecule has 0 unspecified atom stereocenters. The van der Waals surface area contributed by atoms with E-state index >= 15 is 0 Å². The maximum Gasteiger partial charge on any atom is 0.238 e. The predicted molar refractivity (Wildman–Crippen MR) is 80.9 cm³/mol. The number of carbonyl (C=O) groups is 1. The maximum atomic E-state index is 11.9. The van der Waals surface area contributed by atoms with Crippen LogP contribution >= 0.6 is 0 Å². The largest absolute Gasteiger partial charge is 0.377 e. The molecule has 1 fully saturated rings. The monoisotopic (exact) mass is 276 g/mol. The van der Waals surface area contributed by atoms with Crippen LogP contribution < -0.4 is 10.6 Å². The first-order valence-electron chi connectivity index (χ1n) is 7.49. The van der Waals surface area contributed by atoms with Crippen molar-refractivity contribution in [2.45, 2.75) is 38.7 Å². The summed E-state index contributed by atoms with van der Waals surface area (Å²) in [5.41, 5.74) is 2.13. The highest BCUT2D eigenvalue weighted by Crippen LogP contribution is 2.16. The molecule has 0 aliphatic carbocycles. The second kappa shape index (κ2) is 8.02. The first-order chi connectivity index (χ1) is 9.79. The summed E-state index contributed by atoms with van der Waals surface area (Å²) in [6.45, 7) is 4.08. The normalized spacial score (nSPS) is 18.1. The van der Waals surface area contributed by atoms with E-state index < -0.39 is 0 Å². The molecule has 0 bridgehead atoms. The van der Waals surface area contributed by atoms with E-state index in [9.17, 15) is 4.79 Å². The molecule has 2 rings (SSSR count). The Balaban J connectivity index is 1.75. The molecule has 0 radical (unpaired) electrons. The SMILES string of the molecule is CCCc1ccccc1NC(=O)CNC[C@H]1CCCO1. The topological polar surface area (TPSA) is 50.4 Å². The van der Waals surface area contributed by atoms with Gasteiger partial charge in [-0.25, -0.2) is 0 Å². The average molecular weight is 276 g/mol. The molecule has 1 atom stereocenters. The summed E-state index contributed by atoms with van der Waals surface area (Å²) in [7, 11) is 0. The number of aryl methyl sites for hydroxylation is 1. The highest BCUT2D eigenvalue weighted by molar-refractivity contribution is 5.92. The molecule has 2 N–H and O–H groups in total. The Morgan fingerprint density at radius 2 is 2.25 bits per heavy atom. The quantitative estimate of drug-likeness (QED) is 0.803. The third kappa shape index (κ3) is 4.62. The summed E-state index contributed by atoms with van der Waals surface area (Å²) in [6.07, 6.45) is 4.55. The predicted octanol–water partition coefficient (Wildman–Crippen LogP) is 2.35. The second-order valence-electron chi connectivity index (χ2n) is 5.22. The van der Waals surface area contributed by atoms with Crippen LogP contribution in [-0.4, -0.2) is 31.7 Å². The van der Waals surface area contributed by atoms with Crippen LogP contribution in [0.2, 0.25) is 0 Å². The Morgan fingerprint density at radius 1 is 1.40 bits per heavy atom. The molecule has 0 saturated carbocycles. The Kier molecular flexibility index (Phi) is 6.02. The Labute approximate surface area is 120 Å². The van der Waals surface area contributed by atoms with Gasteiger partial charge in [0.15, 0.2) is 0 Å². The maximum absolute atomic E-state index is 11.9. The molecule has 0 spiro atoms. The van der Waals surface area contributed by atoms with Gasteiger partial charge in [0.05, 0.1) is 12.6 Å². The fraction of sp³-hybridized carbons (Fsp3) is 0.562. The van der Waals surface area contributed by atoms with Gasteiger partial charge in [0.2, 0.25) is 5.91 Å². The van der Waals surface area contributed by atoms with E-state index in [0.29, 0.717) is 6.54 Å². The molecule has 1 aliphatic heterocycles. The van der Waals surface area contributed by atoms with Crippen molar-refractivity contribution in [2.75, 3.05) is 25.0 Å². The lowest BCUT2D eigenvalue weighted by Crippen LogP contribution is -2.33. The molecular formula is C16H24N2O2. The highest BCUT2D eigenvalue weighted by atomic mass is 16.5. The van der Waals surface area contributed by atoms with Gasteiger partial charge in [0.25, 0.3) is 0 Å². The van der Waals surface area contributed by atoms with E-state index in [1.165, 1.54) is 5.56 Å². The van der Waals surface area contributed by atoms with Gasteiger partial charge in [0.1, 0.15) is 0 Å². The summed E-state index contributed by atoms with van der Waals surface area (Å²) in [4.78, 5) is 11.9. The molecule has 1 aromatic rings. The fourth-order valence-corrected chi connectivity index (χ4v) is 2.48. The van der Waals surface area contributed by atoms with Gasteiger partial charge in [-0.2, -0.15) is 0 Å². The van der Waals surface area contributed by atoms with Gasteiger partial charge in [-0.3, -0.25) is 4.79 Å². The van der Waals surface area contributed by atoms with E-state index in [1.807, 2.05) is 18.2 Å². The van der Waals surface area contributed by atoms with Gasteiger partial charge in [0, 0.05) is 18.8 Å². The van der Waals surface area contributed by atoms with Crippen LogP contribution in [0, 0.1) is 0 Å². The average Bonchev–Trinajstić information content (AvgIpc) is 2.94. The second-order valence-corrected chi connectivity index (χ2v) is 5.22. The molecule has 1 aromatic carbocycles. The molecular weight excluding hydrogens is 252 g/mol. The number of amides is 1. The third-order valence-electron chi connectivity index (χ3n) is 3.49. The number of hydrogen-bond donors (Lipinski definition) is 2. The minimum Gasteiger partial charge on any atom is -0.377 e. The van der Waals surface area contributed by atoms with Crippen LogP contribution in [0.25, 0.3) is 0 Å². The third-order valence-corrected chi connectivity index (χ3v) is 3.49. The summed E-state index contributed by atoms with van der Waals surface area (Å²) in [6, 6.07) is 7.99. The summed E-state index contributed by atoms with van der Waals surface area (Å²) in [5, 5.41) is 6.14. The van der Waals surface area contributed by atoms with Gasteiger partial charge < -0.3 is 15.4 Å². The van der Waals surface area contributed by atoms with Gasteiger partial charge in [-0.15, -0.1) is 0 Å². The van der Waals surface area contributed by atoms with E-state index in [2.05, 4.69) is 23.6 Å². The number of hydrogen-bond acceptors (Lipinski definition) is 3. The smallest absolute Gasteiger partial charge is 0.238 e. The summed E-state index contributed by atoms with van der Waals surface area (Å²) in [5.74, 6) is 0.00606. The Morgan fingerprint density at radius 3 is 3.00 bits per heavy atom. The molecule has 1 aliphatic rings. The number of anilines is 1. The molecule has 1 saturated heterocycles. The summed E-state index contributed by atoms with van der Waals surface area (Å²) < 4.78 is 5.51. The van der Waals surface area contributed by atoms with Crippen molar-refractivity contribution in [2.24, 2.45) is 0 Å². The number of rotatable bonds is 7. The first-order valence-corrected chi connectivity index (χ1v) is 7.49. The molecule has 20 heavy (non-hydrogen) atoms. The van der Waals surface area contributed by atoms with Gasteiger partial charge in [-0.05, 0) is 30.9 Å². The van der Waals surface area contributed by atoms with E-state index in [4.69, 9.17) is 4.74 Å². The lowest BCUT2D eigenvalue weighted by atomic mass is 10.1. The van der Waals surface area contributed by atoms with Gasteiger partial charge in [-0.1, -0.05) is 31.5 Å². The van der Waals surface area contributed by atoms with Crippen molar-refractivity contribution < 1.29 is 9.53 Å². The number of nitrogens with one attached hydrogen (secondary N) is 2. The van der Waals surface area contributed by atoms with Crippen molar-refractivity contribution in [3.63, 3.8) is 0 Å². The molecule has 1 amide bonds. The molecule has 4 nitrogen and oxygen atoms in total. The van der Waals surface area contributed by atoms with Crippen LogP contribution in [0.15, 0.2) is 24.3 Å². The molecule has 0 aromatic heterocycles. The zero-order valence-electron chi connectivity index (χ0n) is 12.2. The summed E-state index contributed by atoms with van der Waals surface area (Å²) >= 11 is 0. The standard InChI is InChI=1S/C16H24N2O2/c1-2-6-13-7-3-4-9-15(13)18-16(19)12-17-11-14-8-5-10-20-14/h3-4,7,9,14,17H,2,5-6,8,10-12H2,1H3,(H,18,19)/t14-/m1/s1. The lowest BCUT2D eigenvalue weighted by molar-refractivity contribution is -0.115. The Bertz CT molecular complexity index is 428. The lowest BCUT2D eigenvalue weighted by Gasteiger charge is -2.12. The van der Waals surface area contributed by atoms with E-state index in [0.717, 1.165) is 44.5 Å². The minimum atomic E-state index is 0.00606. The number of benzene rings is 1. The molecule has 4 heteroatoms. The van der Waals surface area contributed by atoms with Crippen molar-refractivity contribution in [1.29, 1.82) is 0 Å². The number of ether oxygens (including phenoxy) is 1. The highest BCUT2D eigenvalue weighted by Gasteiger charge is 2.15. The zero-order chi connectivity index (χ0) is 14.2. The van der Waals surface area contributed by atoms with Crippen molar-refractivity contribution in [3.05, 3.63) is 29.8 Å². The van der Waals surface area contributed by atoms with Crippen molar-refractivity contribution in [1.82, 2.24) is 5.32 Å². The molecule has 110 valence electrons. The van der Waals surface area contributed by atoms with Crippen LogP contribution in [0.4, 0.5) is 5.69 Å². The molecule has 1 heterocycles. The van der Waals surface area contributed by atoms with E-state index in [-0.39, 0.29) is 12.0 Å². The van der Waals surface area contributed by atoms with Crippen LogP contribution in [-0.2, 0) is 16.0 Å². The first kappa shape index (κ1) is 15.0. The van der Waals surface area contributed by atoms with Crippen molar-refractivity contribution in [3.8, 4) is 0 Å². The zero-order valence-corrected chi connectivity index (χ0v) is 12.2. The van der Waals surface area contributed by atoms with E-state index in [1.54, 1.807) is 0 Å².